The zero-order valence-electron chi connectivity index (χ0n) is 77.2. The van der Waals surface area contributed by atoms with Crippen molar-refractivity contribution in [3.05, 3.63) is 444 Å². The number of halogens is 1. The first-order valence-electron chi connectivity index (χ1n) is 45.4. The van der Waals surface area contributed by atoms with Gasteiger partial charge in [-0.1, -0.05) is 237 Å². The fraction of sp³-hybridized carbons (Fsp3) is 0.121. The van der Waals surface area contributed by atoms with Gasteiger partial charge < -0.3 is 37.4 Å². The number of aliphatic imine (C=N–C) groups is 1. The Morgan fingerprint density at radius 1 is 0.358 bits per heavy atom. The van der Waals surface area contributed by atoms with Gasteiger partial charge in [0.25, 0.3) is 0 Å². The second-order valence-electron chi connectivity index (χ2n) is 32.2. The molecule has 137 heavy (non-hydrogen) atoms. The third kappa shape index (κ3) is 27.1. The largest absolute Gasteiger partial charge is 0.697 e. The predicted molar refractivity (Wildman–Crippen MR) is 561 cm³/mol. The van der Waals surface area contributed by atoms with Crippen LogP contribution in [0.25, 0.3) is 146 Å². The molecule has 0 spiro atoms. The first kappa shape index (κ1) is 99.3. The van der Waals surface area contributed by atoms with Gasteiger partial charge in [0, 0.05) is 130 Å². The van der Waals surface area contributed by atoms with E-state index in [1.165, 1.54) is 0 Å². The molecule has 18 nitrogen and oxygen atoms in total. The van der Waals surface area contributed by atoms with Crippen LogP contribution in [0.1, 0.15) is 97.1 Å². The number of nitrogens with zero attached hydrogens (tertiary/aromatic N) is 10. The number of nitrogens with two attached hydrogens (primary N) is 2. The van der Waals surface area contributed by atoms with Crippen molar-refractivity contribution in [3.63, 3.8) is 0 Å². The number of allylic oxidation sites excluding steroid dienone is 5. The van der Waals surface area contributed by atoms with Gasteiger partial charge >= 0.3 is 7.12 Å². The number of nitrogens with one attached hydrogen (secondary N) is 3. The number of benzene rings is 8. The van der Waals surface area contributed by atoms with E-state index in [1.54, 1.807) is 30.7 Å². The topological polar surface area (TPSA) is 302 Å². The quantitative estimate of drug-likeness (QED) is 0.0256. The van der Waals surface area contributed by atoms with E-state index in [4.69, 9.17) is 57.7 Å². The minimum absolute atomic E-state index is 0. The van der Waals surface area contributed by atoms with Gasteiger partial charge in [-0.25, -0.2) is 19.9 Å². The minimum atomic E-state index is -1.45. The average Bonchev–Trinajstić information content (AvgIpc) is 0.807. The normalized spacial score (nSPS) is 12.6. The fourth-order valence-corrected chi connectivity index (χ4v) is 15.6. The van der Waals surface area contributed by atoms with Crippen LogP contribution >= 0.6 is 15.9 Å². The van der Waals surface area contributed by atoms with Gasteiger partial charge in [-0.15, -0.1) is 5.70 Å². The molecule has 18 rings (SSSR count). The summed E-state index contributed by atoms with van der Waals surface area (Å²) in [4.78, 5) is 46.3. The van der Waals surface area contributed by atoms with E-state index >= 15 is 0 Å². The molecule has 1 aliphatic heterocycles. The monoisotopic (exact) mass is 2040 g/mol. The molecule has 684 valence electrons. The summed E-state index contributed by atoms with van der Waals surface area (Å²) in [7, 11) is -1.45. The van der Waals surface area contributed by atoms with Crippen molar-refractivity contribution in [2.24, 2.45) is 16.5 Å². The smallest absolute Gasteiger partial charge is 0.488 e. The first-order chi connectivity index (χ1) is 66.3. The molecule has 0 saturated carbocycles. The molecule has 0 aliphatic carbocycles. The maximum Gasteiger partial charge on any atom is 0.488 e. The van der Waals surface area contributed by atoms with E-state index in [1.807, 2.05) is 296 Å². The second kappa shape index (κ2) is 49.7. The van der Waals surface area contributed by atoms with Crippen molar-refractivity contribution in [2.45, 2.75) is 86.3 Å². The van der Waals surface area contributed by atoms with Crippen molar-refractivity contribution in [3.8, 4) is 135 Å². The van der Waals surface area contributed by atoms with Crippen molar-refractivity contribution in [2.75, 3.05) is 6.61 Å². The minimum Gasteiger partial charge on any atom is -0.697 e. The summed E-state index contributed by atoms with van der Waals surface area (Å²) in [6.07, 6.45) is 14.0. The van der Waals surface area contributed by atoms with Gasteiger partial charge in [0.1, 0.15) is 6.23 Å². The van der Waals surface area contributed by atoms with Gasteiger partial charge in [-0.2, -0.15) is 0 Å². The molecule has 0 bridgehead atoms. The summed E-state index contributed by atoms with van der Waals surface area (Å²) in [5.74, 6) is 0. The molecule has 1 unspecified atom stereocenters. The Kier molecular flexibility index (Phi) is 36.1. The Balaban J connectivity index is 0.000000149. The molecule has 0 amide bonds. The van der Waals surface area contributed by atoms with Crippen molar-refractivity contribution in [1.29, 1.82) is 10.8 Å². The van der Waals surface area contributed by atoms with Gasteiger partial charge in [-0.05, 0) is 273 Å². The summed E-state index contributed by atoms with van der Waals surface area (Å²) in [6, 6.07) is 118. The summed E-state index contributed by atoms with van der Waals surface area (Å²) >= 11 is 3.43. The van der Waals surface area contributed by atoms with E-state index < -0.39 is 7.12 Å². The number of hydrogen-bond donors (Lipinski definition) is 6. The van der Waals surface area contributed by atoms with Gasteiger partial charge in [0.15, 0.2) is 0 Å². The van der Waals surface area contributed by atoms with Crippen LogP contribution in [-0.2, 0) is 25.8 Å². The third-order valence-corrected chi connectivity index (χ3v) is 23.4. The van der Waals surface area contributed by atoms with Crippen LogP contribution in [0.5, 0.6) is 0 Å². The molecule has 10 heterocycles. The fourth-order valence-electron chi connectivity index (χ4n) is 15.2. The molecule has 1 aliphatic rings. The SMILES string of the molecule is Brc1cccc(-c2ccccn2)c1.CCC(=N)/C(C)=C(\[NH-])c1cccc(-c2cccc(-c3cccc(-c4ccccn4)n3)c2)n1.CCC(N)=C(C)C(=N)c1cccc(-c2cccc(-c3cccc(-c4ccccn4)c3)c2)n1.CCC(N)=C(C)C(=NC1CCCCO1)c1cccc(-c2cccc(-c3cccc(-c4ccccn4)c3)c2)n1.OB(O)c1cccc(-c2cccc(-c3ccccn3)c2)c1.[Pt]. The summed E-state index contributed by atoms with van der Waals surface area (Å²) in [5.41, 5.74) is 52.9. The van der Waals surface area contributed by atoms with Crippen molar-refractivity contribution >= 4 is 51.3 Å². The van der Waals surface area contributed by atoms with Crippen LogP contribution < -0.4 is 16.9 Å². The Hall–Kier alpha value is -15.1. The van der Waals surface area contributed by atoms with E-state index in [2.05, 4.69) is 145 Å². The molecule has 0 radical (unpaired) electrons. The van der Waals surface area contributed by atoms with Crippen LogP contribution in [0.2, 0.25) is 0 Å². The van der Waals surface area contributed by atoms with Crippen LogP contribution in [0, 0.1) is 10.8 Å². The first-order valence-corrected chi connectivity index (χ1v) is 46.1. The number of pyridine rings is 9. The molecule has 1 saturated heterocycles. The Morgan fingerprint density at radius 2 is 0.679 bits per heavy atom. The number of hydrogen-bond acceptors (Lipinski definition) is 17. The van der Waals surface area contributed by atoms with E-state index in [0.717, 1.165) is 206 Å². The summed E-state index contributed by atoms with van der Waals surface area (Å²) < 4.78 is 7.01. The van der Waals surface area contributed by atoms with Crippen molar-refractivity contribution in [1.82, 2.24) is 44.9 Å². The van der Waals surface area contributed by atoms with E-state index in [-0.39, 0.29) is 27.3 Å². The van der Waals surface area contributed by atoms with Gasteiger partial charge in [-0.3, -0.25) is 35.3 Å². The molecule has 9 N–H and O–H groups in total. The molecule has 17 aromatic rings. The Morgan fingerprint density at radius 3 is 1.07 bits per heavy atom. The molecular formula is C116H106BBrN15O3Pt-. The van der Waals surface area contributed by atoms with Crippen LogP contribution in [0.4, 0.5) is 0 Å². The molecule has 9 aromatic heterocycles. The van der Waals surface area contributed by atoms with Crippen LogP contribution in [0.3, 0.4) is 0 Å². The molecule has 8 aromatic carbocycles. The van der Waals surface area contributed by atoms with Crippen LogP contribution in [0.15, 0.2) is 426 Å². The zero-order valence-corrected chi connectivity index (χ0v) is 81.0. The number of rotatable bonds is 23. The molecular weight excluding hydrogens is 1940 g/mol. The van der Waals surface area contributed by atoms with E-state index in [9.17, 15) is 10.0 Å². The summed E-state index contributed by atoms with van der Waals surface area (Å²) in [5, 5.41) is 35.1. The predicted octanol–water partition coefficient (Wildman–Crippen LogP) is 26.6. The average molecular weight is 2040 g/mol. The van der Waals surface area contributed by atoms with Crippen molar-refractivity contribution < 1.29 is 35.9 Å². The van der Waals surface area contributed by atoms with Crippen LogP contribution in [-0.4, -0.2) is 92.0 Å². The molecule has 1 atom stereocenters. The molecule has 1 fully saturated rings. The maximum atomic E-state index is 9.27. The number of ether oxygens (including phenoxy) is 1. The maximum absolute atomic E-state index is 9.27. The summed E-state index contributed by atoms with van der Waals surface area (Å²) in [6.45, 7) is 12.4. The van der Waals surface area contributed by atoms with Gasteiger partial charge in [0.05, 0.1) is 79.8 Å². The standard InChI is InChI=1S/C33H34N4O.C28H26N4.C27H24N5.C17H14BNO2.C11H8BrN.Pt/c1-3-28(34)23(2)33(37-32-18-5-7-20-38-32)31-17-10-16-30(36-31)27-14-9-12-25(22-27)24-11-8-13-26(21-24)29-15-4-6-19-35-29;1-3-24(29)19(2)28(30)27-15-8-14-26(32-27)23-12-7-10-21(18-23)20-9-6-11-22(17-20)25-13-4-5-16-31-25;1-3-21(28)18(2)27(29)26-15-8-13-23(32-26)20-10-6-9-19(17-20)22-12-7-14-25(31-22)24-11-4-5-16-30-24;20-18(21)16-8-4-6-14(12-16)13-5-3-7-15(11-13)17-9-1-2-10-19-17;12-10-5-3-4-9(8-10)11-6-1-2-7-13-11;/h4,6,8-17,19,21-22,32H,3,5,7,18,20,34H2,1-2H3;4-18,30H,3,29H2,1-2H3;4-17,28-29H,3H2,1-2H3;1-12,20-21H;1-8H;/q;;-1;;;/b;;27-18-,28-21?;;;. The van der Waals surface area contributed by atoms with Gasteiger partial charge in [0.2, 0.25) is 0 Å². The van der Waals surface area contributed by atoms with E-state index in [0.29, 0.717) is 52.4 Å². The zero-order chi connectivity index (χ0) is 95.1. The number of aromatic nitrogens is 9. The molecule has 21 heteroatoms. The Bertz CT molecular complexity index is 7090. The third-order valence-electron chi connectivity index (χ3n) is 23.0. The second-order valence-corrected chi connectivity index (χ2v) is 33.1. The Labute approximate surface area is 825 Å².